The van der Waals surface area contributed by atoms with Crippen LogP contribution in [-0.2, 0) is 6.61 Å². The summed E-state index contributed by atoms with van der Waals surface area (Å²) in [5.41, 5.74) is 2.02. The number of ketones is 1. The second kappa shape index (κ2) is 7.86. The number of hydrogen-bond acceptors (Lipinski definition) is 3. The van der Waals surface area contributed by atoms with Crippen molar-refractivity contribution in [2.45, 2.75) is 6.61 Å². The van der Waals surface area contributed by atoms with Crippen molar-refractivity contribution in [2.75, 3.05) is 7.11 Å². The SMILES string of the molecule is COc1cc(C(=O)c2ccccc2Cl)ccc1OCc1ccccc1. The summed E-state index contributed by atoms with van der Waals surface area (Å²) in [6.45, 7) is 0.426. The molecule has 0 N–H and O–H groups in total. The molecule has 0 amide bonds. The lowest BCUT2D eigenvalue weighted by molar-refractivity contribution is 0.103. The van der Waals surface area contributed by atoms with E-state index in [1.54, 1.807) is 49.6 Å². The molecule has 0 aromatic heterocycles. The van der Waals surface area contributed by atoms with Gasteiger partial charge in [-0.2, -0.15) is 0 Å². The Morgan fingerprint density at radius 1 is 0.920 bits per heavy atom. The summed E-state index contributed by atoms with van der Waals surface area (Å²) in [4.78, 5) is 12.6. The first kappa shape index (κ1) is 17.1. The molecule has 0 spiro atoms. The number of halogens is 1. The van der Waals surface area contributed by atoms with Gasteiger partial charge in [0.05, 0.1) is 12.1 Å². The molecule has 0 heterocycles. The highest BCUT2D eigenvalue weighted by Crippen LogP contribution is 2.30. The molecule has 0 bridgehead atoms. The Kier molecular flexibility index (Phi) is 5.36. The van der Waals surface area contributed by atoms with Gasteiger partial charge in [0.2, 0.25) is 0 Å². The minimum absolute atomic E-state index is 0.154. The van der Waals surface area contributed by atoms with Gasteiger partial charge >= 0.3 is 0 Å². The van der Waals surface area contributed by atoms with E-state index in [0.29, 0.717) is 34.3 Å². The first-order valence-electron chi connectivity index (χ1n) is 7.83. The summed E-state index contributed by atoms with van der Waals surface area (Å²) in [6.07, 6.45) is 0. The molecular weight excluding hydrogens is 336 g/mol. The van der Waals surface area contributed by atoms with Crippen LogP contribution in [0.3, 0.4) is 0 Å². The molecule has 0 saturated carbocycles. The fourth-order valence-corrected chi connectivity index (χ4v) is 2.69. The molecule has 0 aliphatic carbocycles. The molecule has 0 saturated heterocycles. The van der Waals surface area contributed by atoms with Gasteiger partial charge in [-0.15, -0.1) is 0 Å². The van der Waals surface area contributed by atoms with Gasteiger partial charge in [0.15, 0.2) is 17.3 Å². The van der Waals surface area contributed by atoms with Crippen LogP contribution in [0, 0.1) is 0 Å². The van der Waals surface area contributed by atoms with E-state index < -0.39 is 0 Å². The van der Waals surface area contributed by atoms with Gasteiger partial charge in [-0.1, -0.05) is 54.1 Å². The number of ether oxygens (including phenoxy) is 2. The Bertz CT molecular complexity index is 875. The summed E-state index contributed by atoms with van der Waals surface area (Å²) < 4.78 is 11.2. The van der Waals surface area contributed by atoms with Crippen LogP contribution in [-0.4, -0.2) is 12.9 Å². The summed E-state index contributed by atoms with van der Waals surface area (Å²) in [7, 11) is 1.55. The zero-order valence-electron chi connectivity index (χ0n) is 13.7. The van der Waals surface area contributed by atoms with Crippen LogP contribution in [0.4, 0.5) is 0 Å². The smallest absolute Gasteiger partial charge is 0.194 e. The molecule has 25 heavy (non-hydrogen) atoms. The highest BCUT2D eigenvalue weighted by Gasteiger charge is 2.15. The average Bonchev–Trinajstić information content (AvgIpc) is 2.67. The summed E-state index contributed by atoms with van der Waals surface area (Å²) in [5.74, 6) is 0.939. The van der Waals surface area contributed by atoms with E-state index in [2.05, 4.69) is 0 Å². The van der Waals surface area contributed by atoms with Gasteiger partial charge in [-0.25, -0.2) is 0 Å². The van der Waals surface area contributed by atoms with Crippen LogP contribution in [0.5, 0.6) is 11.5 Å². The van der Waals surface area contributed by atoms with Gasteiger partial charge in [0.25, 0.3) is 0 Å². The van der Waals surface area contributed by atoms with E-state index in [0.717, 1.165) is 5.56 Å². The monoisotopic (exact) mass is 352 g/mol. The molecule has 0 radical (unpaired) electrons. The number of benzene rings is 3. The van der Waals surface area contributed by atoms with Crippen molar-refractivity contribution in [3.8, 4) is 11.5 Å². The summed E-state index contributed by atoms with van der Waals surface area (Å²) in [6, 6.07) is 22.0. The van der Waals surface area contributed by atoms with Crippen LogP contribution >= 0.6 is 11.6 Å². The molecule has 3 rings (SSSR count). The fourth-order valence-electron chi connectivity index (χ4n) is 2.46. The Labute approximate surface area is 151 Å². The second-order valence-electron chi connectivity index (χ2n) is 5.45. The molecular formula is C21H17ClO3. The third-order valence-electron chi connectivity index (χ3n) is 3.78. The standard InChI is InChI=1S/C21H17ClO3/c1-24-20-13-16(21(23)17-9-5-6-10-18(17)22)11-12-19(20)25-14-15-7-3-2-4-8-15/h2-13H,14H2,1H3. The highest BCUT2D eigenvalue weighted by atomic mass is 35.5. The third kappa shape index (κ3) is 4.01. The molecule has 0 fully saturated rings. The lowest BCUT2D eigenvalue weighted by atomic mass is 10.0. The van der Waals surface area contributed by atoms with Crippen LogP contribution in [0.25, 0.3) is 0 Å². The largest absolute Gasteiger partial charge is 0.493 e. The van der Waals surface area contributed by atoms with Gasteiger partial charge in [-0.05, 0) is 35.9 Å². The zero-order chi connectivity index (χ0) is 17.6. The van der Waals surface area contributed by atoms with Gasteiger partial charge < -0.3 is 9.47 Å². The molecule has 0 aliphatic rings. The first-order chi connectivity index (χ1) is 12.2. The van der Waals surface area contributed by atoms with Crippen LogP contribution in [0.15, 0.2) is 72.8 Å². The zero-order valence-corrected chi connectivity index (χ0v) is 14.5. The van der Waals surface area contributed by atoms with Gasteiger partial charge in [0.1, 0.15) is 6.61 Å². The van der Waals surface area contributed by atoms with Crippen LogP contribution in [0.2, 0.25) is 5.02 Å². The predicted octanol–water partition coefficient (Wildman–Crippen LogP) is 5.16. The molecule has 3 aromatic rings. The van der Waals surface area contributed by atoms with E-state index in [1.165, 1.54) is 0 Å². The van der Waals surface area contributed by atoms with Crippen molar-refractivity contribution < 1.29 is 14.3 Å². The van der Waals surface area contributed by atoms with Gasteiger partial charge in [0, 0.05) is 11.1 Å². The number of rotatable bonds is 6. The predicted molar refractivity (Wildman–Crippen MR) is 98.7 cm³/mol. The van der Waals surface area contributed by atoms with Crippen LogP contribution in [0.1, 0.15) is 21.5 Å². The molecule has 126 valence electrons. The second-order valence-corrected chi connectivity index (χ2v) is 5.86. The van der Waals surface area contributed by atoms with Crippen molar-refractivity contribution in [3.63, 3.8) is 0 Å². The van der Waals surface area contributed by atoms with Gasteiger partial charge in [-0.3, -0.25) is 4.79 Å². The van der Waals surface area contributed by atoms with Crippen molar-refractivity contribution in [1.29, 1.82) is 0 Å². The highest BCUT2D eigenvalue weighted by molar-refractivity contribution is 6.35. The molecule has 4 heteroatoms. The van der Waals surface area contributed by atoms with Crippen molar-refractivity contribution in [3.05, 3.63) is 94.5 Å². The first-order valence-corrected chi connectivity index (χ1v) is 8.21. The Morgan fingerprint density at radius 2 is 1.64 bits per heavy atom. The lowest BCUT2D eigenvalue weighted by Crippen LogP contribution is -2.04. The van der Waals surface area contributed by atoms with E-state index >= 15 is 0 Å². The maximum Gasteiger partial charge on any atom is 0.194 e. The minimum atomic E-state index is -0.154. The molecule has 3 nitrogen and oxygen atoms in total. The third-order valence-corrected chi connectivity index (χ3v) is 4.11. The van der Waals surface area contributed by atoms with Crippen molar-refractivity contribution in [2.24, 2.45) is 0 Å². The Hall–Kier alpha value is -2.78. The quantitative estimate of drug-likeness (QED) is 0.575. The normalized spacial score (nSPS) is 10.3. The maximum atomic E-state index is 12.6. The maximum absolute atomic E-state index is 12.6. The molecule has 0 aliphatic heterocycles. The summed E-state index contributed by atoms with van der Waals surface area (Å²) in [5, 5.41) is 0.427. The van der Waals surface area contributed by atoms with E-state index in [1.807, 2.05) is 30.3 Å². The average molecular weight is 353 g/mol. The number of carbonyl (C=O) groups is 1. The molecule has 3 aromatic carbocycles. The van der Waals surface area contributed by atoms with E-state index in [4.69, 9.17) is 21.1 Å². The van der Waals surface area contributed by atoms with E-state index in [9.17, 15) is 4.79 Å². The topological polar surface area (TPSA) is 35.5 Å². The molecule has 0 unspecified atom stereocenters. The van der Waals surface area contributed by atoms with Crippen LogP contribution < -0.4 is 9.47 Å². The Morgan fingerprint density at radius 3 is 2.36 bits per heavy atom. The van der Waals surface area contributed by atoms with E-state index in [-0.39, 0.29) is 5.78 Å². The number of methoxy groups -OCH3 is 1. The minimum Gasteiger partial charge on any atom is -0.493 e. The Balaban J connectivity index is 1.82. The van der Waals surface area contributed by atoms with Crippen molar-refractivity contribution >= 4 is 17.4 Å². The fraction of sp³-hybridized carbons (Fsp3) is 0.0952. The lowest BCUT2D eigenvalue weighted by Gasteiger charge is -2.12. The molecule has 0 atom stereocenters. The van der Waals surface area contributed by atoms with Crippen molar-refractivity contribution in [1.82, 2.24) is 0 Å². The number of carbonyl (C=O) groups excluding carboxylic acids is 1. The number of hydrogen-bond donors (Lipinski definition) is 0. The summed E-state index contributed by atoms with van der Waals surface area (Å²) >= 11 is 6.11.